The zero-order valence-electron chi connectivity index (χ0n) is 11.7. The minimum Gasteiger partial charge on any atom is -0.493 e. The van der Waals surface area contributed by atoms with Gasteiger partial charge in [-0.1, -0.05) is 19.1 Å². The van der Waals surface area contributed by atoms with Gasteiger partial charge in [-0.3, -0.25) is 4.79 Å². The normalized spacial score (nSPS) is 19.1. The van der Waals surface area contributed by atoms with Crippen molar-refractivity contribution in [2.75, 3.05) is 19.7 Å². The summed E-state index contributed by atoms with van der Waals surface area (Å²) in [5.74, 6) is 1.38. The lowest BCUT2D eigenvalue weighted by molar-refractivity contribution is -0.123. The minimum absolute atomic E-state index is 0.194. The number of benzene rings is 1. The fourth-order valence-corrected chi connectivity index (χ4v) is 2.42. The highest BCUT2D eigenvalue weighted by Crippen LogP contribution is 2.15. The number of aryl methyl sites for hydroxylation is 1. The van der Waals surface area contributed by atoms with Crippen molar-refractivity contribution in [1.29, 1.82) is 0 Å². The lowest BCUT2D eigenvalue weighted by Crippen LogP contribution is -2.34. The molecule has 1 heterocycles. The predicted octanol–water partition coefficient (Wildman–Crippen LogP) is 2.59. The fraction of sp³-hybridized carbons (Fsp3) is 0.562. The lowest BCUT2D eigenvalue weighted by atomic mass is 9.94. The van der Waals surface area contributed by atoms with Gasteiger partial charge in [-0.15, -0.1) is 0 Å². The largest absolute Gasteiger partial charge is 0.493 e. The topological polar surface area (TPSA) is 38.3 Å². The molecule has 0 aliphatic carbocycles. The van der Waals surface area contributed by atoms with Crippen molar-refractivity contribution in [1.82, 2.24) is 5.32 Å². The molecule has 1 atom stereocenters. The van der Waals surface area contributed by atoms with Crippen LogP contribution < -0.4 is 10.1 Å². The average molecular weight is 261 g/mol. The molecule has 0 saturated carbocycles. The molecule has 0 amide bonds. The van der Waals surface area contributed by atoms with E-state index in [-0.39, 0.29) is 5.92 Å². The maximum Gasteiger partial charge on any atom is 0.140 e. The van der Waals surface area contributed by atoms with Crippen LogP contribution in [0.2, 0.25) is 0 Å². The predicted molar refractivity (Wildman–Crippen MR) is 76.5 cm³/mol. The number of hydrogen-bond acceptors (Lipinski definition) is 3. The van der Waals surface area contributed by atoms with E-state index in [0.717, 1.165) is 38.1 Å². The Morgan fingerprint density at radius 3 is 2.79 bits per heavy atom. The van der Waals surface area contributed by atoms with Crippen LogP contribution in [0.15, 0.2) is 24.3 Å². The molecule has 0 bridgehead atoms. The van der Waals surface area contributed by atoms with Gasteiger partial charge in [0.1, 0.15) is 11.5 Å². The molecule has 3 nitrogen and oxygen atoms in total. The van der Waals surface area contributed by atoms with Crippen molar-refractivity contribution in [2.24, 2.45) is 5.92 Å². The number of rotatable bonds is 6. The monoisotopic (exact) mass is 261 g/mol. The van der Waals surface area contributed by atoms with E-state index in [0.29, 0.717) is 18.8 Å². The zero-order valence-corrected chi connectivity index (χ0v) is 11.7. The second-order valence-corrected chi connectivity index (χ2v) is 5.11. The van der Waals surface area contributed by atoms with Crippen LogP contribution in [0.1, 0.15) is 31.7 Å². The smallest absolute Gasteiger partial charge is 0.140 e. The third-order valence-corrected chi connectivity index (χ3v) is 3.70. The molecule has 19 heavy (non-hydrogen) atoms. The second kappa shape index (κ2) is 7.29. The number of Topliss-reactive ketones (excluding diaryl/α,β-unsaturated/α-hetero) is 1. The van der Waals surface area contributed by atoms with Gasteiger partial charge in [-0.2, -0.15) is 0 Å². The van der Waals surface area contributed by atoms with Gasteiger partial charge in [0.05, 0.1) is 6.61 Å². The van der Waals surface area contributed by atoms with Crippen molar-refractivity contribution in [2.45, 2.75) is 32.6 Å². The molecule has 1 aliphatic heterocycles. The highest BCUT2D eigenvalue weighted by molar-refractivity contribution is 5.81. The van der Waals surface area contributed by atoms with Crippen LogP contribution in [-0.4, -0.2) is 25.5 Å². The molecule has 1 unspecified atom stereocenters. The number of carbonyl (C=O) groups excluding carboxylic acids is 1. The van der Waals surface area contributed by atoms with Gasteiger partial charge in [-0.25, -0.2) is 0 Å². The molecule has 3 heteroatoms. The Morgan fingerprint density at radius 1 is 1.37 bits per heavy atom. The van der Waals surface area contributed by atoms with Crippen LogP contribution >= 0.6 is 0 Å². The Hall–Kier alpha value is -1.35. The van der Waals surface area contributed by atoms with Crippen molar-refractivity contribution in [3.8, 4) is 5.75 Å². The highest BCUT2D eigenvalue weighted by Gasteiger charge is 2.20. The second-order valence-electron chi connectivity index (χ2n) is 5.11. The van der Waals surface area contributed by atoms with E-state index in [2.05, 4.69) is 24.4 Å². The summed E-state index contributed by atoms with van der Waals surface area (Å²) in [4.78, 5) is 12.0. The zero-order chi connectivity index (χ0) is 13.5. The minimum atomic E-state index is 0.194. The Balaban J connectivity index is 1.71. The van der Waals surface area contributed by atoms with E-state index in [9.17, 15) is 4.79 Å². The summed E-state index contributed by atoms with van der Waals surface area (Å²) in [6.07, 6.45) is 3.68. The van der Waals surface area contributed by atoms with Gasteiger partial charge < -0.3 is 10.1 Å². The van der Waals surface area contributed by atoms with E-state index >= 15 is 0 Å². The number of ketones is 1. The summed E-state index contributed by atoms with van der Waals surface area (Å²) in [6.45, 7) is 4.50. The summed E-state index contributed by atoms with van der Waals surface area (Å²) in [6, 6.07) is 8.10. The average Bonchev–Trinajstić information content (AvgIpc) is 2.49. The standard InChI is InChI=1S/C16H23NO2/c1-2-13-5-7-15(8-6-13)19-11-9-16(18)14-4-3-10-17-12-14/h5-8,14,17H,2-4,9-12H2,1H3. The summed E-state index contributed by atoms with van der Waals surface area (Å²) in [5.41, 5.74) is 1.30. The summed E-state index contributed by atoms with van der Waals surface area (Å²) >= 11 is 0. The molecule has 1 fully saturated rings. The Bertz CT molecular complexity index is 394. The van der Waals surface area contributed by atoms with Gasteiger partial charge >= 0.3 is 0 Å². The maximum absolute atomic E-state index is 12.0. The molecule has 0 spiro atoms. The van der Waals surface area contributed by atoms with Gasteiger partial charge in [0, 0.05) is 18.9 Å². The first-order valence-corrected chi connectivity index (χ1v) is 7.24. The molecule has 1 aromatic rings. The third kappa shape index (κ3) is 4.35. The summed E-state index contributed by atoms with van der Waals surface area (Å²) in [5, 5.41) is 3.27. The van der Waals surface area contributed by atoms with E-state index in [1.807, 2.05) is 12.1 Å². The molecular formula is C16H23NO2. The van der Waals surface area contributed by atoms with Crippen LogP contribution in [0.5, 0.6) is 5.75 Å². The molecule has 104 valence electrons. The van der Waals surface area contributed by atoms with E-state index in [1.165, 1.54) is 5.56 Å². The highest BCUT2D eigenvalue weighted by atomic mass is 16.5. The first-order valence-electron chi connectivity index (χ1n) is 7.24. The Labute approximate surface area is 115 Å². The Kier molecular flexibility index (Phi) is 5.40. The van der Waals surface area contributed by atoms with Gasteiger partial charge in [0.15, 0.2) is 0 Å². The summed E-state index contributed by atoms with van der Waals surface area (Å²) in [7, 11) is 0. The van der Waals surface area contributed by atoms with E-state index in [4.69, 9.17) is 4.74 Å². The number of hydrogen-bond donors (Lipinski definition) is 1. The van der Waals surface area contributed by atoms with Crippen molar-refractivity contribution < 1.29 is 9.53 Å². The van der Waals surface area contributed by atoms with Crippen LogP contribution in [-0.2, 0) is 11.2 Å². The first-order chi connectivity index (χ1) is 9.29. The number of carbonyl (C=O) groups is 1. The van der Waals surface area contributed by atoms with Crippen molar-refractivity contribution in [3.63, 3.8) is 0 Å². The van der Waals surface area contributed by atoms with Crippen LogP contribution in [0.25, 0.3) is 0 Å². The van der Waals surface area contributed by atoms with Crippen LogP contribution in [0.3, 0.4) is 0 Å². The number of piperidine rings is 1. The van der Waals surface area contributed by atoms with Crippen LogP contribution in [0, 0.1) is 5.92 Å². The molecule has 1 N–H and O–H groups in total. The maximum atomic E-state index is 12.0. The molecule has 2 rings (SSSR count). The molecule has 1 saturated heterocycles. The first kappa shape index (κ1) is 14.1. The molecule has 1 aliphatic rings. The summed E-state index contributed by atoms with van der Waals surface area (Å²) < 4.78 is 5.63. The van der Waals surface area contributed by atoms with Gasteiger partial charge in [0.2, 0.25) is 0 Å². The van der Waals surface area contributed by atoms with Gasteiger partial charge in [-0.05, 0) is 43.5 Å². The molecule has 1 aromatic carbocycles. The van der Waals surface area contributed by atoms with E-state index < -0.39 is 0 Å². The SMILES string of the molecule is CCc1ccc(OCCC(=O)C2CCCNC2)cc1. The third-order valence-electron chi connectivity index (χ3n) is 3.70. The molecule has 0 radical (unpaired) electrons. The van der Waals surface area contributed by atoms with Crippen molar-refractivity contribution in [3.05, 3.63) is 29.8 Å². The quantitative estimate of drug-likeness (QED) is 0.855. The molecular weight excluding hydrogens is 238 g/mol. The number of ether oxygens (including phenoxy) is 1. The molecule has 0 aromatic heterocycles. The fourth-order valence-electron chi connectivity index (χ4n) is 2.42. The van der Waals surface area contributed by atoms with Gasteiger partial charge in [0.25, 0.3) is 0 Å². The van der Waals surface area contributed by atoms with Crippen LogP contribution in [0.4, 0.5) is 0 Å². The Morgan fingerprint density at radius 2 is 2.16 bits per heavy atom. The number of nitrogens with one attached hydrogen (secondary N) is 1. The van der Waals surface area contributed by atoms with E-state index in [1.54, 1.807) is 0 Å². The lowest BCUT2D eigenvalue weighted by Gasteiger charge is -2.21. The van der Waals surface area contributed by atoms with Crippen molar-refractivity contribution >= 4 is 5.78 Å².